The monoisotopic (exact) mass is 460 g/mol. The minimum absolute atomic E-state index is 0.0534. The molecule has 0 aliphatic rings. The van der Waals surface area contributed by atoms with E-state index in [1.807, 2.05) is 56.3 Å². The van der Waals surface area contributed by atoms with Crippen LogP contribution in [0, 0.1) is 19.3 Å². The fourth-order valence-corrected chi connectivity index (χ4v) is 3.62. The Morgan fingerprint density at radius 3 is 2.35 bits per heavy atom. The summed E-state index contributed by atoms with van der Waals surface area (Å²) in [5, 5.41) is 22.9. The highest BCUT2D eigenvalue weighted by atomic mass is 16.5. The van der Waals surface area contributed by atoms with Crippen molar-refractivity contribution in [1.29, 1.82) is 5.41 Å². The van der Waals surface area contributed by atoms with Gasteiger partial charge in [0, 0.05) is 23.4 Å². The van der Waals surface area contributed by atoms with E-state index in [0.29, 0.717) is 29.1 Å². The van der Waals surface area contributed by atoms with Crippen LogP contribution in [0.5, 0.6) is 5.75 Å². The van der Waals surface area contributed by atoms with E-state index in [9.17, 15) is 9.59 Å². The molecule has 3 aromatic rings. The van der Waals surface area contributed by atoms with Gasteiger partial charge in [-0.05, 0) is 55.3 Å². The largest absolute Gasteiger partial charge is 0.481 e. The van der Waals surface area contributed by atoms with E-state index in [0.717, 1.165) is 16.7 Å². The highest BCUT2D eigenvalue weighted by Crippen LogP contribution is 2.33. The van der Waals surface area contributed by atoms with Gasteiger partial charge in [0.2, 0.25) is 5.91 Å². The lowest BCUT2D eigenvalue weighted by atomic mass is 9.98. The number of nitrogen functional groups attached to an aromatic ring is 1. The molecule has 8 nitrogen and oxygen atoms in total. The van der Waals surface area contributed by atoms with Crippen molar-refractivity contribution in [3.05, 3.63) is 94.5 Å². The second kappa shape index (κ2) is 11.0. The first kappa shape index (κ1) is 24.3. The highest BCUT2D eigenvalue weighted by molar-refractivity contribution is 5.95. The summed E-state index contributed by atoms with van der Waals surface area (Å²) >= 11 is 0. The van der Waals surface area contributed by atoms with Crippen LogP contribution < -0.4 is 21.1 Å². The zero-order valence-corrected chi connectivity index (χ0v) is 19.1. The first-order valence-corrected chi connectivity index (χ1v) is 10.7. The van der Waals surface area contributed by atoms with E-state index in [1.165, 1.54) is 0 Å². The Hall–Kier alpha value is -4.33. The van der Waals surface area contributed by atoms with Crippen molar-refractivity contribution in [3.8, 4) is 5.75 Å². The van der Waals surface area contributed by atoms with Gasteiger partial charge in [-0.1, -0.05) is 42.0 Å². The maximum atomic E-state index is 13.4. The number of carboxylic acids is 1. The molecule has 0 aliphatic carbocycles. The van der Waals surface area contributed by atoms with Gasteiger partial charge in [0.1, 0.15) is 17.6 Å². The number of rotatable bonds is 10. The minimum Gasteiger partial charge on any atom is -0.481 e. The van der Waals surface area contributed by atoms with Gasteiger partial charge in [-0.25, -0.2) is 4.79 Å². The third-order valence-corrected chi connectivity index (χ3v) is 5.18. The average molecular weight is 461 g/mol. The quantitative estimate of drug-likeness (QED) is 0.232. The summed E-state index contributed by atoms with van der Waals surface area (Å²) in [5.74, 6) is -1.11. The molecule has 0 fully saturated rings. The van der Waals surface area contributed by atoms with E-state index >= 15 is 0 Å². The number of ether oxygens (including phenoxy) is 1. The van der Waals surface area contributed by atoms with E-state index in [4.69, 9.17) is 21.0 Å². The molecule has 1 atom stereocenters. The molecule has 6 N–H and O–H groups in total. The molecule has 1 unspecified atom stereocenters. The molecule has 0 spiro atoms. The Morgan fingerprint density at radius 1 is 1.06 bits per heavy atom. The number of aryl methyl sites for hydroxylation is 2. The molecule has 0 heterocycles. The number of nitrogens with one attached hydrogen (secondary N) is 3. The number of amides is 1. The first-order chi connectivity index (χ1) is 16.2. The van der Waals surface area contributed by atoms with E-state index in [-0.39, 0.29) is 11.7 Å². The van der Waals surface area contributed by atoms with Gasteiger partial charge in [0.25, 0.3) is 0 Å². The predicted molar refractivity (Wildman–Crippen MR) is 131 cm³/mol. The van der Waals surface area contributed by atoms with Gasteiger partial charge in [0.05, 0.1) is 0 Å². The molecule has 0 aromatic heterocycles. The maximum Gasteiger partial charge on any atom is 0.341 e. The number of amidine groups is 1. The van der Waals surface area contributed by atoms with E-state index < -0.39 is 18.6 Å². The number of hydrogen-bond donors (Lipinski definition) is 5. The van der Waals surface area contributed by atoms with Crippen LogP contribution in [0.25, 0.3) is 0 Å². The van der Waals surface area contributed by atoms with Crippen LogP contribution in [0.15, 0.2) is 66.7 Å². The van der Waals surface area contributed by atoms with Crippen LogP contribution in [0.2, 0.25) is 0 Å². The summed E-state index contributed by atoms with van der Waals surface area (Å²) in [6, 6.07) is 19.2. The molecule has 3 rings (SSSR count). The number of carbonyl (C=O) groups excluding carboxylic acids is 1. The lowest BCUT2D eigenvalue weighted by Gasteiger charge is -2.24. The van der Waals surface area contributed by atoms with Crippen LogP contribution in [-0.4, -0.2) is 29.4 Å². The van der Waals surface area contributed by atoms with Crippen LogP contribution in [0.4, 0.5) is 5.69 Å². The summed E-state index contributed by atoms with van der Waals surface area (Å²) in [6.07, 6.45) is 0. The standard InChI is InChI=1S/C26H28N4O4/c1-16-12-17(2)24(34-15-22(31)32)21(13-16)23(26(33)29-14-18-6-4-3-5-7-18)30-20-10-8-19(9-11-20)25(27)28/h3-13,23,30H,14-15H2,1-2H3,(H3,27,28)(H,29,33)(H,31,32). The first-order valence-electron chi connectivity index (χ1n) is 10.7. The van der Waals surface area contributed by atoms with Crippen molar-refractivity contribution in [2.45, 2.75) is 26.4 Å². The van der Waals surface area contributed by atoms with Crippen LogP contribution in [-0.2, 0) is 16.1 Å². The van der Waals surface area contributed by atoms with Crippen molar-refractivity contribution in [2.24, 2.45) is 5.73 Å². The Kier molecular flexibility index (Phi) is 7.87. The van der Waals surface area contributed by atoms with Gasteiger partial charge in [0.15, 0.2) is 6.61 Å². The Morgan fingerprint density at radius 2 is 1.74 bits per heavy atom. The zero-order valence-electron chi connectivity index (χ0n) is 19.1. The van der Waals surface area contributed by atoms with Gasteiger partial charge < -0.3 is 26.2 Å². The molecule has 0 saturated carbocycles. The summed E-state index contributed by atoms with van der Waals surface area (Å²) in [5.41, 5.74) is 9.85. The molecule has 3 aromatic carbocycles. The Labute approximate surface area is 198 Å². The number of nitrogens with two attached hydrogens (primary N) is 1. The van der Waals surface area contributed by atoms with E-state index in [1.54, 1.807) is 24.3 Å². The number of aliphatic carboxylic acids is 1. The van der Waals surface area contributed by atoms with Gasteiger partial charge in [-0.3, -0.25) is 10.2 Å². The molecule has 34 heavy (non-hydrogen) atoms. The molecule has 0 saturated heterocycles. The third-order valence-electron chi connectivity index (χ3n) is 5.18. The third kappa shape index (κ3) is 6.35. The summed E-state index contributed by atoms with van der Waals surface area (Å²) in [7, 11) is 0. The Bertz CT molecular complexity index is 1180. The topological polar surface area (TPSA) is 138 Å². The summed E-state index contributed by atoms with van der Waals surface area (Å²) < 4.78 is 5.60. The van der Waals surface area contributed by atoms with Crippen LogP contribution >= 0.6 is 0 Å². The minimum atomic E-state index is -1.11. The van der Waals surface area contributed by atoms with Gasteiger partial charge in [-0.2, -0.15) is 0 Å². The fourth-order valence-electron chi connectivity index (χ4n) is 3.62. The van der Waals surface area contributed by atoms with Crippen molar-refractivity contribution in [2.75, 3.05) is 11.9 Å². The van der Waals surface area contributed by atoms with Crippen LogP contribution in [0.1, 0.15) is 33.9 Å². The number of hydrogen-bond acceptors (Lipinski definition) is 5. The molecule has 1 amide bonds. The zero-order chi connectivity index (χ0) is 24.7. The number of carbonyl (C=O) groups is 2. The second-order valence-electron chi connectivity index (χ2n) is 7.95. The number of benzene rings is 3. The molecular formula is C26H28N4O4. The normalized spacial score (nSPS) is 11.4. The predicted octanol–water partition coefficient (Wildman–Crippen LogP) is 3.52. The smallest absolute Gasteiger partial charge is 0.341 e. The fraction of sp³-hybridized carbons (Fsp3) is 0.192. The van der Waals surface area contributed by atoms with Gasteiger partial charge in [-0.15, -0.1) is 0 Å². The van der Waals surface area contributed by atoms with Crippen molar-refractivity contribution in [1.82, 2.24) is 5.32 Å². The van der Waals surface area contributed by atoms with Gasteiger partial charge >= 0.3 is 5.97 Å². The SMILES string of the molecule is Cc1cc(C)c(OCC(=O)O)c(C(Nc2ccc(C(=N)N)cc2)C(=O)NCc2ccccc2)c1. The summed E-state index contributed by atoms with van der Waals surface area (Å²) in [4.78, 5) is 24.6. The Balaban J connectivity index is 1.97. The number of carboxylic acid groups (broad SMARTS) is 1. The molecule has 0 radical (unpaired) electrons. The molecule has 0 bridgehead atoms. The molecule has 176 valence electrons. The average Bonchev–Trinajstić information content (AvgIpc) is 2.81. The highest BCUT2D eigenvalue weighted by Gasteiger charge is 2.26. The molecular weight excluding hydrogens is 432 g/mol. The van der Waals surface area contributed by atoms with Crippen molar-refractivity contribution in [3.63, 3.8) is 0 Å². The van der Waals surface area contributed by atoms with Crippen LogP contribution in [0.3, 0.4) is 0 Å². The molecule has 0 aliphatic heterocycles. The summed E-state index contributed by atoms with van der Waals surface area (Å²) in [6.45, 7) is 3.52. The molecule has 8 heteroatoms. The van der Waals surface area contributed by atoms with E-state index in [2.05, 4.69) is 10.6 Å². The lowest BCUT2D eigenvalue weighted by Crippen LogP contribution is -2.33. The van der Waals surface area contributed by atoms with Crippen molar-refractivity contribution < 1.29 is 19.4 Å². The van der Waals surface area contributed by atoms with Crippen molar-refractivity contribution >= 4 is 23.4 Å². The second-order valence-corrected chi connectivity index (χ2v) is 7.95. The lowest BCUT2D eigenvalue weighted by molar-refractivity contribution is -0.139. The number of anilines is 1. The maximum absolute atomic E-state index is 13.4.